The molecule has 1 aliphatic carbocycles. The van der Waals surface area contributed by atoms with Crippen LogP contribution in [0.25, 0.3) is 10.9 Å². The average molecular weight is 423 g/mol. The minimum Gasteiger partial charge on any atom is -0.386 e. The highest BCUT2D eigenvalue weighted by Gasteiger charge is 2.24. The summed E-state index contributed by atoms with van der Waals surface area (Å²) in [5.74, 6) is -1.22. The van der Waals surface area contributed by atoms with Crippen molar-refractivity contribution in [1.29, 1.82) is 0 Å². The van der Waals surface area contributed by atoms with Crippen molar-refractivity contribution in [2.75, 3.05) is 23.0 Å². The van der Waals surface area contributed by atoms with Crippen LogP contribution in [0.1, 0.15) is 36.0 Å². The molecule has 2 aromatic heterocycles. The first kappa shape index (κ1) is 20.8. The van der Waals surface area contributed by atoms with E-state index in [1.807, 2.05) is 31.3 Å². The molecule has 9 heteroatoms. The van der Waals surface area contributed by atoms with Crippen LogP contribution >= 0.6 is 0 Å². The number of anilines is 4. The highest BCUT2D eigenvalue weighted by Crippen LogP contribution is 2.28. The molecule has 0 bridgehead atoms. The highest BCUT2D eigenvalue weighted by atomic mass is 19.1. The van der Waals surface area contributed by atoms with Crippen LogP contribution in [0.15, 0.2) is 36.5 Å². The van der Waals surface area contributed by atoms with Gasteiger partial charge < -0.3 is 27.4 Å². The summed E-state index contributed by atoms with van der Waals surface area (Å²) in [6, 6.07) is 8.60. The molecule has 1 saturated carbocycles. The Morgan fingerprint density at radius 1 is 1.19 bits per heavy atom. The number of carbonyl (C=O) groups excluding carboxylic acids is 1. The smallest absolute Gasteiger partial charge is 0.252 e. The van der Waals surface area contributed by atoms with E-state index in [0.29, 0.717) is 5.69 Å². The summed E-state index contributed by atoms with van der Waals surface area (Å²) in [6.45, 7) is 0. The molecule has 8 nitrogen and oxygen atoms in total. The van der Waals surface area contributed by atoms with E-state index in [1.54, 1.807) is 6.20 Å². The molecule has 1 amide bonds. The van der Waals surface area contributed by atoms with Crippen LogP contribution < -0.4 is 27.4 Å². The molecule has 0 spiro atoms. The Morgan fingerprint density at radius 2 is 2.00 bits per heavy atom. The Morgan fingerprint density at radius 3 is 2.74 bits per heavy atom. The van der Waals surface area contributed by atoms with E-state index in [1.165, 1.54) is 0 Å². The molecule has 31 heavy (non-hydrogen) atoms. The molecule has 0 aliphatic heterocycles. The van der Waals surface area contributed by atoms with E-state index in [0.717, 1.165) is 48.3 Å². The molecule has 4 rings (SSSR count). The molecular formula is C22H26FN7O. The zero-order valence-corrected chi connectivity index (χ0v) is 17.3. The van der Waals surface area contributed by atoms with Gasteiger partial charge in [-0.3, -0.25) is 9.78 Å². The van der Waals surface area contributed by atoms with Crippen LogP contribution in [0.2, 0.25) is 0 Å². The number of pyridine rings is 2. The third kappa shape index (κ3) is 4.36. The van der Waals surface area contributed by atoms with E-state index in [4.69, 9.17) is 11.5 Å². The van der Waals surface area contributed by atoms with Crippen LogP contribution in [0.3, 0.4) is 0 Å². The topological polar surface area (TPSA) is 131 Å². The number of fused-ring (bicyclic) bond motifs is 1. The van der Waals surface area contributed by atoms with Crippen LogP contribution in [-0.4, -0.2) is 35.0 Å². The van der Waals surface area contributed by atoms with Gasteiger partial charge in [-0.15, -0.1) is 0 Å². The summed E-state index contributed by atoms with van der Waals surface area (Å²) in [4.78, 5) is 20.8. The number of hydrogen-bond donors (Lipinski definition) is 5. The summed E-state index contributed by atoms with van der Waals surface area (Å²) in [5.41, 5.74) is 13.9. The SMILES string of the molecule is CNc1cccc2cc(Nc3nc(NC4CCCCC4N)c(F)cc3C(N)=O)cnc12. The number of carbonyl (C=O) groups is 1. The minimum absolute atomic E-state index is 0.0416. The Hall–Kier alpha value is -3.46. The number of amides is 1. The fraction of sp³-hybridized carbons (Fsp3) is 0.318. The highest BCUT2D eigenvalue weighted by molar-refractivity contribution is 5.99. The number of para-hydroxylation sites is 1. The van der Waals surface area contributed by atoms with Gasteiger partial charge in [0, 0.05) is 24.5 Å². The van der Waals surface area contributed by atoms with Crippen molar-refractivity contribution in [3.05, 3.63) is 47.9 Å². The molecule has 2 heterocycles. The summed E-state index contributed by atoms with van der Waals surface area (Å²) in [6.07, 6.45) is 5.43. The van der Waals surface area contributed by atoms with E-state index in [9.17, 15) is 9.18 Å². The monoisotopic (exact) mass is 423 g/mol. The van der Waals surface area contributed by atoms with Gasteiger partial charge in [-0.25, -0.2) is 9.37 Å². The predicted molar refractivity (Wildman–Crippen MR) is 121 cm³/mol. The second-order valence-electron chi connectivity index (χ2n) is 7.75. The first-order valence-corrected chi connectivity index (χ1v) is 10.3. The third-order valence-corrected chi connectivity index (χ3v) is 5.63. The summed E-state index contributed by atoms with van der Waals surface area (Å²) in [7, 11) is 1.83. The summed E-state index contributed by atoms with van der Waals surface area (Å²) in [5, 5.41) is 10.2. The number of nitrogens with two attached hydrogens (primary N) is 2. The van der Waals surface area contributed by atoms with Gasteiger partial charge in [0.15, 0.2) is 11.6 Å². The number of aromatic nitrogens is 2. The normalized spacial score (nSPS) is 18.5. The molecule has 1 aromatic carbocycles. The maximum atomic E-state index is 14.7. The first-order valence-electron chi connectivity index (χ1n) is 10.3. The van der Waals surface area contributed by atoms with Gasteiger partial charge in [0.25, 0.3) is 5.91 Å². The fourth-order valence-electron chi connectivity index (χ4n) is 3.96. The lowest BCUT2D eigenvalue weighted by Gasteiger charge is -2.30. The molecule has 7 N–H and O–H groups in total. The van der Waals surface area contributed by atoms with Crippen molar-refractivity contribution in [2.24, 2.45) is 11.5 Å². The van der Waals surface area contributed by atoms with E-state index < -0.39 is 11.7 Å². The number of hydrogen-bond acceptors (Lipinski definition) is 7. The number of nitrogens with one attached hydrogen (secondary N) is 3. The van der Waals surface area contributed by atoms with Gasteiger partial charge in [0.1, 0.15) is 5.82 Å². The van der Waals surface area contributed by atoms with Gasteiger partial charge in [0.05, 0.1) is 28.7 Å². The quantitative estimate of drug-likeness (QED) is 0.411. The van der Waals surface area contributed by atoms with Gasteiger partial charge in [-0.1, -0.05) is 25.0 Å². The van der Waals surface area contributed by atoms with Gasteiger partial charge in [-0.2, -0.15) is 0 Å². The predicted octanol–water partition coefficient (Wildman–Crippen LogP) is 3.33. The van der Waals surface area contributed by atoms with Crippen molar-refractivity contribution in [3.63, 3.8) is 0 Å². The van der Waals surface area contributed by atoms with Crippen LogP contribution in [-0.2, 0) is 0 Å². The standard InChI is InChI=1S/C22H26FN7O/c1-26-18-8-4-5-12-9-13(11-27-19(12)18)28-21-14(20(25)31)10-15(23)22(30-21)29-17-7-3-2-6-16(17)24/h4-5,8-11,16-17,26H,2-3,6-7,24H2,1H3,(H2,25,31)(H2,28,29,30). The number of primary amides is 1. The van der Waals surface area contributed by atoms with Gasteiger partial charge in [-0.05, 0) is 31.0 Å². The average Bonchev–Trinajstić information content (AvgIpc) is 2.76. The zero-order chi connectivity index (χ0) is 22.0. The minimum atomic E-state index is -0.777. The Labute approximate surface area is 179 Å². The number of halogens is 1. The Bertz CT molecular complexity index is 1120. The molecule has 2 atom stereocenters. The summed E-state index contributed by atoms with van der Waals surface area (Å²) < 4.78 is 14.7. The zero-order valence-electron chi connectivity index (χ0n) is 17.3. The van der Waals surface area contributed by atoms with E-state index >= 15 is 0 Å². The van der Waals surface area contributed by atoms with Crippen molar-refractivity contribution < 1.29 is 9.18 Å². The number of rotatable bonds is 6. The molecule has 1 aliphatic rings. The molecule has 2 unspecified atom stereocenters. The molecule has 0 radical (unpaired) electrons. The molecular weight excluding hydrogens is 397 g/mol. The van der Waals surface area contributed by atoms with Crippen molar-refractivity contribution in [2.45, 2.75) is 37.8 Å². The molecule has 3 aromatic rings. The summed E-state index contributed by atoms with van der Waals surface area (Å²) >= 11 is 0. The first-order chi connectivity index (χ1) is 15.0. The third-order valence-electron chi connectivity index (χ3n) is 5.63. The van der Waals surface area contributed by atoms with Crippen LogP contribution in [0, 0.1) is 5.82 Å². The second kappa shape index (κ2) is 8.73. The lowest BCUT2D eigenvalue weighted by atomic mass is 9.91. The van der Waals surface area contributed by atoms with Crippen LogP contribution in [0.4, 0.5) is 27.4 Å². The van der Waals surface area contributed by atoms with Crippen molar-refractivity contribution in [3.8, 4) is 0 Å². The van der Waals surface area contributed by atoms with Crippen molar-refractivity contribution >= 4 is 39.8 Å². The number of benzene rings is 1. The number of nitrogens with zero attached hydrogens (tertiary/aromatic N) is 2. The Kier molecular flexibility index (Phi) is 5.85. The molecule has 162 valence electrons. The molecule has 0 saturated heterocycles. The van der Waals surface area contributed by atoms with Crippen molar-refractivity contribution in [1.82, 2.24) is 9.97 Å². The Balaban J connectivity index is 1.67. The van der Waals surface area contributed by atoms with Gasteiger partial charge >= 0.3 is 0 Å². The van der Waals surface area contributed by atoms with Crippen LogP contribution in [0.5, 0.6) is 0 Å². The lowest BCUT2D eigenvalue weighted by Crippen LogP contribution is -2.43. The van der Waals surface area contributed by atoms with Gasteiger partial charge in [0.2, 0.25) is 0 Å². The second-order valence-corrected chi connectivity index (χ2v) is 7.75. The maximum Gasteiger partial charge on any atom is 0.252 e. The van der Waals surface area contributed by atoms with E-state index in [-0.39, 0.29) is 29.3 Å². The van der Waals surface area contributed by atoms with E-state index in [2.05, 4.69) is 25.9 Å². The molecule has 1 fully saturated rings. The lowest BCUT2D eigenvalue weighted by molar-refractivity contribution is 0.100. The maximum absolute atomic E-state index is 14.7. The fourth-order valence-corrected chi connectivity index (χ4v) is 3.96. The largest absolute Gasteiger partial charge is 0.386 e.